The molecule has 0 N–H and O–H groups in total. The molecule has 2 nitrogen and oxygen atoms in total. The van der Waals surface area contributed by atoms with Gasteiger partial charge >= 0.3 is 0 Å². The Hall–Kier alpha value is -3.00. The molecule has 0 saturated heterocycles. The molecular formula is C24H19NO. The van der Waals surface area contributed by atoms with Gasteiger partial charge in [0.05, 0.1) is 11.4 Å². The van der Waals surface area contributed by atoms with Gasteiger partial charge in [0.15, 0.2) is 11.5 Å². The van der Waals surface area contributed by atoms with Crippen LogP contribution in [0.3, 0.4) is 0 Å². The summed E-state index contributed by atoms with van der Waals surface area (Å²) in [6.07, 6.45) is 5.94. The molecule has 0 fully saturated rings. The summed E-state index contributed by atoms with van der Waals surface area (Å²) in [6, 6.07) is 26.2. The van der Waals surface area contributed by atoms with Crippen LogP contribution in [0.2, 0.25) is 0 Å². The molecule has 3 aromatic rings. The summed E-state index contributed by atoms with van der Waals surface area (Å²) < 4.78 is 6.22. The maximum atomic E-state index is 6.22. The van der Waals surface area contributed by atoms with Gasteiger partial charge in [-0.2, -0.15) is 0 Å². The van der Waals surface area contributed by atoms with Crippen molar-refractivity contribution in [3.05, 3.63) is 96.1 Å². The van der Waals surface area contributed by atoms with Gasteiger partial charge < -0.3 is 9.64 Å². The number of nitrogens with zero attached hydrogens (tertiary/aromatic N) is 1. The molecule has 1 aliphatic carbocycles. The van der Waals surface area contributed by atoms with Crippen molar-refractivity contribution in [1.29, 1.82) is 0 Å². The van der Waals surface area contributed by atoms with E-state index in [4.69, 9.17) is 4.74 Å². The zero-order chi connectivity index (χ0) is 17.1. The van der Waals surface area contributed by atoms with Gasteiger partial charge in [0, 0.05) is 17.9 Å². The Labute approximate surface area is 153 Å². The van der Waals surface area contributed by atoms with Crippen LogP contribution >= 0.6 is 0 Å². The second-order valence-corrected chi connectivity index (χ2v) is 7.36. The van der Waals surface area contributed by atoms with Crippen LogP contribution in [0, 0.1) is 0 Å². The number of hydrogen-bond donors (Lipinski definition) is 0. The molecule has 6 rings (SSSR count). The lowest BCUT2D eigenvalue weighted by Crippen LogP contribution is -2.34. The first-order chi connectivity index (χ1) is 12.9. The monoisotopic (exact) mass is 337 g/mol. The molecule has 2 aliphatic heterocycles. The molecule has 3 unspecified atom stereocenters. The van der Waals surface area contributed by atoms with E-state index in [9.17, 15) is 0 Å². The molecule has 2 heterocycles. The summed E-state index contributed by atoms with van der Waals surface area (Å²) in [6.45, 7) is 0. The van der Waals surface area contributed by atoms with Gasteiger partial charge in [-0.25, -0.2) is 0 Å². The average Bonchev–Trinajstić information content (AvgIpc) is 3.05. The number of allylic oxidation sites excluding steroid dienone is 1. The maximum absolute atomic E-state index is 6.22. The molecule has 126 valence electrons. The molecule has 26 heavy (non-hydrogen) atoms. The first-order valence-corrected chi connectivity index (χ1v) is 9.32. The highest BCUT2D eigenvalue weighted by Gasteiger charge is 2.45. The normalized spacial score (nSPS) is 24.5. The highest BCUT2D eigenvalue weighted by atomic mass is 16.5. The molecule has 2 heteroatoms. The largest absolute Gasteiger partial charge is 0.453 e. The lowest BCUT2D eigenvalue weighted by atomic mass is 9.79. The highest BCUT2D eigenvalue weighted by molar-refractivity contribution is 5.84. The van der Waals surface area contributed by atoms with Crippen LogP contribution in [-0.2, 0) is 0 Å². The van der Waals surface area contributed by atoms with Crippen molar-refractivity contribution in [2.75, 3.05) is 4.90 Å². The molecule has 0 aromatic heterocycles. The summed E-state index contributed by atoms with van der Waals surface area (Å²) in [7, 11) is 0. The fourth-order valence-corrected chi connectivity index (χ4v) is 4.87. The molecule has 0 saturated carbocycles. The summed E-state index contributed by atoms with van der Waals surface area (Å²) in [4.78, 5) is 2.54. The van der Waals surface area contributed by atoms with Gasteiger partial charge in [0.25, 0.3) is 0 Å². The second kappa shape index (κ2) is 5.25. The van der Waals surface area contributed by atoms with Gasteiger partial charge in [-0.3, -0.25) is 0 Å². The minimum absolute atomic E-state index is 0.430. The SMILES string of the molecule is C1=CC2c3cccc4c3N(c3ccccc3O4)C2CC1c1ccccc1. The van der Waals surface area contributed by atoms with Gasteiger partial charge in [-0.1, -0.05) is 66.7 Å². The number of fused-ring (bicyclic) bond motifs is 5. The molecular weight excluding hydrogens is 318 g/mol. The van der Waals surface area contributed by atoms with E-state index >= 15 is 0 Å². The van der Waals surface area contributed by atoms with Crippen LogP contribution in [0.1, 0.15) is 29.4 Å². The smallest absolute Gasteiger partial charge is 0.151 e. The Morgan fingerprint density at radius 3 is 2.50 bits per heavy atom. The zero-order valence-electron chi connectivity index (χ0n) is 14.4. The third-order valence-corrected chi connectivity index (χ3v) is 6.00. The highest BCUT2D eigenvalue weighted by Crippen LogP contribution is 2.59. The number of rotatable bonds is 1. The van der Waals surface area contributed by atoms with Gasteiger partial charge in [-0.05, 0) is 35.7 Å². The van der Waals surface area contributed by atoms with Crippen molar-refractivity contribution in [1.82, 2.24) is 0 Å². The number of ether oxygens (including phenoxy) is 1. The summed E-state index contributed by atoms with van der Waals surface area (Å²) in [5, 5.41) is 0. The van der Waals surface area contributed by atoms with Gasteiger partial charge in [0.2, 0.25) is 0 Å². The Balaban J connectivity index is 1.50. The molecule has 3 aromatic carbocycles. The fourth-order valence-electron chi connectivity index (χ4n) is 4.87. The van der Waals surface area contributed by atoms with E-state index in [2.05, 4.69) is 89.8 Å². The molecule has 0 amide bonds. The van der Waals surface area contributed by atoms with Crippen LogP contribution in [0.15, 0.2) is 84.9 Å². The van der Waals surface area contributed by atoms with Crippen molar-refractivity contribution < 1.29 is 4.74 Å². The number of hydrogen-bond acceptors (Lipinski definition) is 2. The topological polar surface area (TPSA) is 12.5 Å². The molecule has 0 bridgehead atoms. The first kappa shape index (κ1) is 14.2. The van der Waals surface area contributed by atoms with Crippen molar-refractivity contribution >= 4 is 11.4 Å². The Bertz CT molecular complexity index is 1020. The van der Waals surface area contributed by atoms with E-state index in [0.29, 0.717) is 17.9 Å². The number of para-hydroxylation sites is 3. The quantitative estimate of drug-likeness (QED) is 0.495. The van der Waals surface area contributed by atoms with Crippen LogP contribution in [0.5, 0.6) is 11.5 Å². The first-order valence-electron chi connectivity index (χ1n) is 9.32. The predicted molar refractivity (Wildman–Crippen MR) is 105 cm³/mol. The van der Waals surface area contributed by atoms with Crippen molar-refractivity contribution in [2.45, 2.75) is 24.3 Å². The average molecular weight is 337 g/mol. The van der Waals surface area contributed by atoms with E-state index in [1.54, 1.807) is 0 Å². The molecule has 3 aliphatic rings. The summed E-state index contributed by atoms with van der Waals surface area (Å²) in [5.41, 5.74) is 5.26. The van der Waals surface area contributed by atoms with Crippen molar-refractivity contribution in [2.24, 2.45) is 0 Å². The standard InChI is InChI=1S/C24H19NO/c1-2-7-16(8-3-1)17-13-14-18-19-9-6-12-23-24(19)25(21(18)15-17)20-10-4-5-11-22(20)26-23/h1-14,17-18,21H,15H2. The Kier molecular flexibility index (Phi) is 2.87. The molecule has 0 spiro atoms. The minimum Gasteiger partial charge on any atom is -0.453 e. The minimum atomic E-state index is 0.430. The maximum Gasteiger partial charge on any atom is 0.151 e. The van der Waals surface area contributed by atoms with Crippen LogP contribution in [0.4, 0.5) is 11.4 Å². The second-order valence-electron chi connectivity index (χ2n) is 7.36. The molecule has 0 radical (unpaired) electrons. The zero-order valence-corrected chi connectivity index (χ0v) is 14.4. The lowest BCUT2D eigenvalue weighted by molar-refractivity contribution is 0.462. The van der Waals surface area contributed by atoms with Crippen LogP contribution in [0.25, 0.3) is 0 Å². The molecule has 3 atom stereocenters. The van der Waals surface area contributed by atoms with Crippen molar-refractivity contribution in [3.63, 3.8) is 0 Å². The van der Waals surface area contributed by atoms with E-state index in [1.165, 1.54) is 22.5 Å². The fraction of sp³-hybridized carbons (Fsp3) is 0.167. The number of anilines is 2. The summed E-state index contributed by atoms with van der Waals surface area (Å²) >= 11 is 0. The van der Waals surface area contributed by atoms with E-state index in [-0.39, 0.29) is 0 Å². The lowest BCUT2D eigenvalue weighted by Gasteiger charge is -2.37. The van der Waals surface area contributed by atoms with Crippen LogP contribution < -0.4 is 9.64 Å². The third kappa shape index (κ3) is 1.87. The Morgan fingerprint density at radius 2 is 1.58 bits per heavy atom. The van der Waals surface area contributed by atoms with E-state index in [1.807, 2.05) is 0 Å². The predicted octanol–water partition coefficient (Wildman–Crippen LogP) is 6.14. The van der Waals surface area contributed by atoms with E-state index < -0.39 is 0 Å². The number of benzene rings is 3. The van der Waals surface area contributed by atoms with Gasteiger partial charge in [0.1, 0.15) is 0 Å². The van der Waals surface area contributed by atoms with Crippen molar-refractivity contribution in [3.8, 4) is 11.5 Å². The van der Waals surface area contributed by atoms with E-state index in [0.717, 1.165) is 17.9 Å². The van der Waals surface area contributed by atoms with Crippen LogP contribution in [-0.4, -0.2) is 6.04 Å². The summed E-state index contributed by atoms with van der Waals surface area (Å²) in [5.74, 6) is 2.84. The third-order valence-electron chi connectivity index (χ3n) is 6.00. The Morgan fingerprint density at radius 1 is 0.769 bits per heavy atom. The van der Waals surface area contributed by atoms with Gasteiger partial charge in [-0.15, -0.1) is 0 Å².